The highest BCUT2D eigenvalue weighted by atomic mass is 16.1. The van der Waals surface area contributed by atoms with E-state index in [4.69, 9.17) is 6.42 Å². The van der Waals surface area contributed by atoms with Crippen molar-refractivity contribution in [2.24, 2.45) is 0 Å². The predicted molar refractivity (Wildman–Crippen MR) is 83.6 cm³/mol. The first-order valence-electron chi connectivity index (χ1n) is 6.85. The zero-order valence-corrected chi connectivity index (χ0v) is 12.3. The van der Waals surface area contributed by atoms with Gasteiger partial charge in [0.15, 0.2) is 0 Å². The van der Waals surface area contributed by atoms with Crippen LogP contribution in [0, 0.1) is 12.3 Å². The molecule has 1 heteroatoms. The van der Waals surface area contributed by atoms with E-state index in [1.807, 2.05) is 30.4 Å². The van der Waals surface area contributed by atoms with Gasteiger partial charge in [-0.05, 0) is 28.5 Å². The number of benzene rings is 1. The molecule has 1 aliphatic carbocycles. The molecule has 0 N–H and O–H groups in total. The van der Waals surface area contributed by atoms with E-state index in [1.165, 1.54) is 5.56 Å². The van der Waals surface area contributed by atoms with Crippen molar-refractivity contribution in [2.75, 3.05) is 0 Å². The summed E-state index contributed by atoms with van der Waals surface area (Å²) in [7, 11) is 0. The van der Waals surface area contributed by atoms with Gasteiger partial charge in [0.1, 0.15) is 11.7 Å². The van der Waals surface area contributed by atoms with Crippen LogP contribution in [0.4, 0.5) is 0 Å². The minimum atomic E-state index is -0.940. The Hall–Kier alpha value is -2.07. The van der Waals surface area contributed by atoms with E-state index in [-0.39, 0.29) is 5.41 Å². The Kier molecular flexibility index (Phi) is 3.68. The molecule has 1 aliphatic rings. The van der Waals surface area contributed by atoms with Crippen LogP contribution in [0.1, 0.15) is 38.3 Å². The van der Waals surface area contributed by atoms with E-state index in [9.17, 15) is 4.79 Å². The summed E-state index contributed by atoms with van der Waals surface area (Å²) in [4.78, 5) is 11.8. The van der Waals surface area contributed by atoms with Gasteiger partial charge in [-0.15, -0.1) is 6.42 Å². The Balaban J connectivity index is 2.57. The molecule has 2 rings (SSSR count). The van der Waals surface area contributed by atoms with Crippen molar-refractivity contribution >= 4 is 6.29 Å². The van der Waals surface area contributed by atoms with Gasteiger partial charge in [-0.1, -0.05) is 69.2 Å². The molecule has 1 unspecified atom stereocenters. The summed E-state index contributed by atoms with van der Waals surface area (Å²) in [5, 5.41) is 0. The molecule has 0 bridgehead atoms. The molecule has 0 aliphatic heterocycles. The molecule has 0 amide bonds. The summed E-state index contributed by atoms with van der Waals surface area (Å²) >= 11 is 0. The Labute approximate surface area is 121 Å². The Bertz CT molecular complexity index is 620. The summed E-state index contributed by atoms with van der Waals surface area (Å²) in [6.45, 7) is 6.46. The van der Waals surface area contributed by atoms with Crippen LogP contribution in [0.5, 0.6) is 0 Å². The largest absolute Gasteiger partial charge is 0.301 e. The first-order valence-corrected chi connectivity index (χ1v) is 6.85. The summed E-state index contributed by atoms with van der Waals surface area (Å²) in [6.07, 6.45) is 13.3. The number of terminal acetylenes is 1. The molecule has 102 valence electrons. The van der Waals surface area contributed by atoms with Crippen LogP contribution in [0.25, 0.3) is 0 Å². The monoisotopic (exact) mass is 264 g/mol. The van der Waals surface area contributed by atoms with E-state index in [2.05, 4.69) is 38.8 Å². The van der Waals surface area contributed by atoms with Crippen molar-refractivity contribution in [2.45, 2.75) is 38.0 Å². The first kappa shape index (κ1) is 14.3. The molecule has 0 saturated heterocycles. The second-order valence-corrected chi connectivity index (χ2v) is 6.23. The number of aldehydes is 1. The number of hydrogen-bond donors (Lipinski definition) is 0. The number of carbonyl (C=O) groups is 1. The standard InChI is InChI=1S/C19H20O/c1-5-19(14-20,15-9-6-7-10-15)17-12-8-11-16(13-17)18(2,3)4/h1,6-9,11-14H,10H2,2-4H3. The number of allylic oxidation sites excluding steroid dienone is 4. The maximum Gasteiger partial charge on any atom is 0.146 e. The zero-order chi connectivity index (χ0) is 14.8. The van der Waals surface area contributed by atoms with Gasteiger partial charge in [-0.3, -0.25) is 0 Å². The van der Waals surface area contributed by atoms with Crippen LogP contribution in [0.3, 0.4) is 0 Å². The molecular weight excluding hydrogens is 244 g/mol. The van der Waals surface area contributed by atoms with Gasteiger partial charge in [0.2, 0.25) is 0 Å². The molecular formula is C19H20O. The highest BCUT2D eigenvalue weighted by molar-refractivity contribution is 5.81. The molecule has 0 fully saturated rings. The summed E-state index contributed by atoms with van der Waals surface area (Å²) in [5.41, 5.74) is 2.13. The van der Waals surface area contributed by atoms with Crippen molar-refractivity contribution in [3.05, 3.63) is 59.2 Å². The van der Waals surface area contributed by atoms with E-state index >= 15 is 0 Å². The van der Waals surface area contributed by atoms with Crippen LogP contribution in [0.15, 0.2) is 48.1 Å². The topological polar surface area (TPSA) is 17.1 Å². The van der Waals surface area contributed by atoms with Crippen LogP contribution in [-0.2, 0) is 15.6 Å². The van der Waals surface area contributed by atoms with Gasteiger partial charge in [-0.25, -0.2) is 0 Å². The number of carbonyl (C=O) groups excluding carboxylic acids is 1. The second-order valence-electron chi connectivity index (χ2n) is 6.23. The van der Waals surface area contributed by atoms with Gasteiger partial charge in [-0.2, -0.15) is 0 Å². The predicted octanol–water partition coefficient (Wildman–Crippen LogP) is 3.94. The summed E-state index contributed by atoms with van der Waals surface area (Å²) < 4.78 is 0. The molecule has 0 radical (unpaired) electrons. The third kappa shape index (κ3) is 2.34. The molecule has 1 nitrogen and oxygen atoms in total. The summed E-state index contributed by atoms with van der Waals surface area (Å²) in [6, 6.07) is 8.07. The smallest absolute Gasteiger partial charge is 0.146 e. The lowest BCUT2D eigenvalue weighted by Gasteiger charge is -2.27. The lowest BCUT2D eigenvalue weighted by molar-refractivity contribution is -0.110. The molecule has 0 spiro atoms. The van der Waals surface area contributed by atoms with Crippen LogP contribution in [0.2, 0.25) is 0 Å². The molecule has 0 heterocycles. The lowest BCUT2D eigenvalue weighted by atomic mass is 9.73. The highest BCUT2D eigenvalue weighted by Gasteiger charge is 2.34. The van der Waals surface area contributed by atoms with Crippen LogP contribution in [-0.4, -0.2) is 6.29 Å². The van der Waals surface area contributed by atoms with Gasteiger partial charge >= 0.3 is 0 Å². The third-order valence-electron chi connectivity index (χ3n) is 3.87. The Morgan fingerprint density at radius 3 is 2.45 bits per heavy atom. The Morgan fingerprint density at radius 2 is 1.95 bits per heavy atom. The number of hydrogen-bond acceptors (Lipinski definition) is 1. The second kappa shape index (κ2) is 5.13. The van der Waals surface area contributed by atoms with Gasteiger partial charge < -0.3 is 4.79 Å². The maximum absolute atomic E-state index is 11.8. The normalized spacial score (nSPS) is 17.2. The van der Waals surface area contributed by atoms with Crippen LogP contribution < -0.4 is 0 Å². The van der Waals surface area contributed by atoms with Crippen molar-refractivity contribution in [1.82, 2.24) is 0 Å². The highest BCUT2D eigenvalue weighted by Crippen LogP contribution is 2.36. The molecule has 0 aromatic heterocycles. The average molecular weight is 264 g/mol. The third-order valence-corrected chi connectivity index (χ3v) is 3.87. The van der Waals surface area contributed by atoms with Crippen molar-refractivity contribution in [3.63, 3.8) is 0 Å². The minimum Gasteiger partial charge on any atom is -0.301 e. The summed E-state index contributed by atoms with van der Waals surface area (Å²) in [5.74, 6) is 2.73. The minimum absolute atomic E-state index is 0.0293. The van der Waals surface area contributed by atoms with E-state index in [0.29, 0.717) is 0 Å². The SMILES string of the molecule is C#CC(C=O)(C1=CC=CC1)c1cccc(C(C)(C)C)c1. The maximum atomic E-state index is 11.8. The molecule has 0 saturated carbocycles. The Morgan fingerprint density at radius 1 is 1.25 bits per heavy atom. The number of rotatable bonds is 3. The van der Waals surface area contributed by atoms with Gasteiger partial charge in [0.05, 0.1) is 0 Å². The molecule has 20 heavy (non-hydrogen) atoms. The molecule has 1 aromatic rings. The van der Waals surface area contributed by atoms with Crippen molar-refractivity contribution < 1.29 is 4.79 Å². The fourth-order valence-corrected chi connectivity index (χ4v) is 2.51. The van der Waals surface area contributed by atoms with Crippen molar-refractivity contribution in [1.29, 1.82) is 0 Å². The lowest BCUT2D eigenvalue weighted by Crippen LogP contribution is -2.29. The zero-order valence-electron chi connectivity index (χ0n) is 12.3. The molecule has 1 atom stereocenters. The fourth-order valence-electron chi connectivity index (χ4n) is 2.51. The molecule has 1 aromatic carbocycles. The van der Waals surface area contributed by atoms with Crippen LogP contribution >= 0.6 is 0 Å². The first-order chi connectivity index (χ1) is 9.44. The van der Waals surface area contributed by atoms with Gasteiger partial charge in [0, 0.05) is 0 Å². The van der Waals surface area contributed by atoms with E-state index < -0.39 is 5.41 Å². The fraction of sp³-hybridized carbons (Fsp3) is 0.316. The van der Waals surface area contributed by atoms with Gasteiger partial charge in [0.25, 0.3) is 0 Å². The van der Waals surface area contributed by atoms with Crippen molar-refractivity contribution in [3.8, 4) is 12.3 Å². The van der Waals surface area contributed by atoms with E-state index in [0.717, 1.165) is 23.8 Å². The average Bonchev–Trinajstić information content (AvgIpc) is 2.95. The quantitative estimate of drug-likeness (QED) is 0.597. The van der Waals surface area contributed by atoms with E-state index in [1.54, 1.807) is 0 Å².